The van der Waals surface area contributed by atoms with Gasteiger partial charge in [-0.25, -0.2) is 0 Å². The van der Waals surface area contributed by atoms with Crippen LogP contribution < -0.4 is 5.32 Å². The van der Waals surface area contributed by atoms with Crippen LogP contribution in [0.1, 0.15) is 13.3 Å². The Morgan fingerprint density at radius 2 is 2.42 bits per heavy atom. The van der Waals surface area contributed by atoms with Gasteiger partial charge in [-0.1, -0.05) is 6.07 Å². The summed E-state index contributed by atoms with van der Waals surface area (Å²) in [4.78, 5) is 10.0. The lowest BCUT2D eigenvalue weighted by molar-refractivity contribution is -0.386. The number of para-hydroxylation sites is 1. The van der Waals surface area contributed by atoms with Gasteiger partial charge < -0.3 is 15.2 Å². The summed E-state index contributed by atoms with van der Waals surface area (Å²) < 4.78 is 18.7. The number of anilines is 1. The monoisotopic (exact) mass is 270 g/mol. The van der Waals surface area contributed by atoms with Crippen molar-refractivity contribution in [3.8, 4) is 0 Å². The van der Waals surface area contributed by atoms with Crippen LogP contribution >= 0.6 is 0 Å². The number of aliphatic hydroxyl groups is 1. The molecule has 0 radical (unpaired) electrons. The highest BCUT2D eigenvalue weighted by atomic mass is 19.1. The second-order valence-corrected chi connectivity index (χ2v) is 4.61. The molecule has 1 fully saturated rings. The zero-order valence-electron chi connectivity index (χ0n) is 10.4. The van der Waals surface area contributed by atoms with Crippen LogP contribution in [0.4, 0.5) is 15.8 Å². The van der Waals surface area contributed by atoms with Crippen molar-refractivity contribution in [1.82, 2.24) is 0 Å². The fourth-order valence-corrected chi connectivity index (χ4v) is 2.09. The van der Waals surface area contributed by atoms with E-state index in [2.05, 4.69) is 5.32 Å². The van der Waals surface area contributed by atoms with E-state index in [1.165, 1.54) is 12.1 Å². The molecular formula is C12H15FN2O4. The molecule has 1 heterocycles. The van der Waals surface area contributed by atoms with Gasteiger partial charge >= 0.3 is 5.69 Å². The molecule has 2 N–H and O–H groups in total. The van der Waals surface area contributed by atoms with Gasteiger partial charge in [0.05, 0.1) is 11.0 Å². The summed E-state index contributed by atoms with van der Waals surface area (Å²) in [5.74, 6) is -0.905. The third-order valence-electron chi connectivity index (χ3n) is 3.41. The summed E-state index contributed by atoms with van der Waals surface area (Å²) in [5.41, 5.74) is -1.66. The van der Waals surface area contributed by atoms with Gasteiger partial charge in [-0.15, -0.1) is 0 Å². The summed E-state index contributed by atoms with van der Waals surface area (Å²) in [6.45, 7) is 2.23. The first kappa shape index (κ1) is 13.7. The highest BCUT2D eigenvalue weighted by Crippen LogP contribution is 2.30. The third-order valence-corrected chi connectivity index (χ3v) is 3.41. The largest absolute Gasteiger partial charge is 0.385 e. The molecule has 1 aromatic carbocycles. The van der Waals surface area contributed by atoms with Crippen molar-refractivity contribution in [2.45, 2.75) is 25.0 Å². The molecule has 19 heavy (non-hydrogen) atoms. The number of halogens is 1. The molecule has 1 aliphatic rings. The van der Waals surface area contributed by atoms with Crippen LogP contribution in [-0.2, 0) is 4.74 Å². The number of nitrogens with one attached hydrogen (secondary N) is 1. The number of hydrogen-bond acceptors (Lipinski definition) is 5. The summed E-state index contributed by atoms with van der Waals surface area (Å²) in [6.07, 6.45) is 0.0669. The van der Waals surface area contributed by atoms with E-state index in [9.17, 15) is 19.6 Å². The van der Waals surface area contributed by atoms with Gasteiger partial charge in [-0.3, -0.25) is 10.1 Å². The number of nitro groups is 1. The molecule has 104 valence electrons. The van der Waals surface area contributed by atoms with Gasteiger partial charge in [0.2, 0.25) is 5.82 Å². The van der Waals surface area contributed by atoms with Crippen molar-refractivity contribution in [2.24, 2.45) is 0 Å². The van der Waals surface area contributed by atoms with Gasteiger partial charge in [-0.05, 0) is 19.1 Å². The Kier molecular flexibility index (Phi) is 3.68. The SMILES string of the molecule is CC1OCCC1(O)CNc1cccc(F)c1[N+](=O)[O-]. The third kappa shape index (κ3) is 2.66. The van der Waals surface area contributed by atoms with E-state index in [4.69, 9.17) is 4.74 Å². The van der Waals surface area contributed by atoms with Crippen LogP contribution in [-0.4, -0.2) is 34.9 Å². The minimum Gasteiger partial charge on any atom is -0.385 e. The Labute approximate surface area is 109 Å². The predicted octanol–water partition coefficient (Wildman–Crippen LogP) is 1.69. The van der Waals surface area contributed by atoms with Crippen LogP contribution in [0, 0.1) is 15.9 Å². The van der Waals surface area contributed by atoms with E-state index in [-0.39, 0.29) is 18.3 Å². The number of hydrogen-bond donors (Lipinski definition) is 2. The molecule has 2 unspecified atom stereocenters. The topological polar surface area (TPSA) is 84.6 Å². The van der Waals surface area contributed by atoms with Gasteiger partial charge in [0, 0.05) is 19.6 Å². The first-order valence-electron chi connectivity index (χ1n) is 5.95. The second kappa shape index (κ2) is 5.10. The molecule has 2 rings (SSSR count). The lowest BCUT2D eigenvalue weighted by Crippen LogP contribution is -2.43. The van der Waals surface area contributed by atoms with Crippen LogP contribution in [0.25, 0.3) is 0 Å². The Morgan fingerprint density at radius 3 is 3.00 bits per heavy atom. The Bertz CT molecular complexity index is 497. The zero-order valence-corrected chi connectivity index (χ0v) is 10.4. The van der Waals surface area contributed by atoms with Crippen molar-refractivity contribution >= 4 is 11.4 Å². The lowest BCUT2D eigenvalue weighted by Gasteiger charge is -2.26. The van der Waals surface area contributed by atoms with E-state index < -0.39 is 22.0 Å². The summed E-state index contributed by atoms with van der Waals surface area (Å²) >= 11 is 0. The molecule has 6 nitrogen and oxygen atoms in total. The Morgan fingerprint density at radius 1 is 1.68 bits per heavy atom. The molecule has 1 aliphatic heterocycles. The number of nitrogens with zero attached hydrogens (tertiary/aromatic N) is 1. The van der Waals surface area contributed by atoms with Gasteiger partial charge in [0.1, 0.15) is 11.3 Å². The first-order chi connectivity index (χ1) is 8.94. The number of ether oxygens (including phenoxy) is 1. The molecule has 0 amide bonds. The first-order valence-corrected chi connectivity index (χ1v) is 5.95. The van der Waals surface area contributed by atoms with E-state index in [1.54, 1.807) is 6.92 Å². The zero-order chi connectivity index (χ0) is 14.0. The van der Waals surface area contributed by atoms with E-state index in [1.807, 2.05) is 0 Å². The summed E-state index contributed by atoms with van der Waals surface area (Å²) in [6, 6.07) is 3.81. The Hall–Kier alpha value is -1.73. The van der Waals surface area contributed by atoms with Crippen molar-refractivity contribution in [2.75, 3.05) is 18.5 Å². The van der Waals surface area contributed by atoms with Crippen molar-refractivity contribution in [3.05, 3.63) is 34.1 Å². The van der Waals surface area contributed by atoms with Crippen LogP contribution in [0.15, 0.2) is 18.2 Å². The Balaban J connectivity index is 2.16. The molecule has 0 saturated carbocycles. The molecule has 0 aliphatic carbocycles. The minimum absolute atomic E-state index is 0.0533. The summed E-state index contributed by atoms with van der Waals surface area (Å²) in [5, 5.41) is 23.8. The van der Waals surface area contributed by atoms with Gasteiger partial charge in [0.15, 0.2) is 0 Å². The van der Waals surface area contributed by atoms with Crippen molar-refractivity contribution in [1.29, 1.82) is 0 Å². The normalized spacial score (nSPS) is 26.4. The highest BCUT2D eigenvalue weighted by molar-refractivity contribution is 5.62. The van der Waals surface area contributed by atoms with Crippen molar-refractivity contribution in [3.63, 3.8) is 0 Å². The van der Waals surface area contributed by atoms with E-state index >= 15 is 0 Å². The molecule has 0 spiro atoms. The molecule has 2 atom stereocenters. The van der Waals surface area contributed by atoms with E-state index in [0.717, 1.165) is 6.07 Å². The molecule has 1 saturated heterocycles. The fraction of sp³-hybridized carbons (Fsp3) is 0.500. The maximum Gasteiger partial charge on any atom is 0.327 e. The van der Waals surface area contributed by atoms with Gasteiger partial charge in [0.25, 0.3) is 0 Å². The average Bonchev–Trinajstić information content (AvgIpc) is 2.67. The van der Waals surface area contributed by atoms with E-state index in [0.29, 0.717) is 13.0 Å². The number of benzene rings is 1. The number of rotatable bonds is 4. The smallest absolute Gasteiger partial charge is 0.327 e. The molecular weight excluding hydrogens is 255 g/mol. The summed E-state index contributed by atoms with van der Waals surface area (Å²) in [7, 11) is 0. The van der Waals surface area contributed by atoms with Crippen LogP contribution in [0.2, 0.25) is 0 Å². The highest BCUT2D eigenvalue weighted by Gasteiger charge is 2.39. The molecule has 0 bridgehead atoms. The minimum atomic E-state index is -1.10. The van der Waals surface area contributed by atoms with Crippen molar-refractivity contribution < 1.29 is 19.2 Å². The predicted molar refractivity (Wildman–Crippen MR) is 66.5 cm³/mol. The second-order valence-electron chi connectivity index (χ2n) is 4.61. The fourth-order valence-electron chi connectivity index (χ4n) is 2.09. The van der Waals surface area contributed by atoms with Crippen LogP contribution in [0.3, 0.4) is 0 Å². The molecule has 7 heteroatoms. The maximum absolute atomic E-state index is 13.4. The average molecular weight is 270 g/mol. The van der Waals surface area contributed by atoms with Crippen LogP contribution in [0.5, 0.6) is 0 Å². The van der Waals surface area contributed by atoms with Gasteiger partial charge in [-0.2, -0.15) is 4.39 Å². The molecule has 1 aromatic rings. The number of nitro benzene ring substituents is 1. The quantitative estimate of drug-likeness (QED) is 0.642. The lowest BCUT2D eigenvalue weighted by atomic mass is 9.96. The maximum atomic E-state index is 13.4. The standard InChI is InChI=1S/C12H15FN2O4/c1-8-12(16,5-6-19-8)7-14-10-4-2-3-9(13)11(10)15(17)18/h2-4,8,14,16H,5-7H2,1H3. The molecule has 0 aromatic heterocycles.